The molecule has 1 heterocycles. The van der Waals surface area contributed by atoms with Crippen molar-refractivity contribution in [3.8, 4) is 0 Å². The van der Waals surface area contributed by atoms with Crippen LogP contribution < -0.4 is 0 Å². The van der Waals surface area contributed by atoms with Gasteiger partial charge in [0.05, 0.1) is 4.92 Å². The van der Waals surface area contributed by atoms with Crippen molar-refractivity contribution in [1.82, 2.24) is 4.98 Å². The SMILES string of the molecule is O=C(O)C(CCSSSSc1ccc([N+](=O)[O-])cn1)S(=O)(=O)O. The van der Waals surface area contributed by atoms with Gasteiger partial charge in [-0.2, -0.15) is 8.42 Å². The first-order valence-corrected chi connectivity index (χ1v) is 12.1. The van der Waals surface area contributed by atoms with Gasteiger partial charge in [-0.25, -0.2) is 4.98 Å². The first kappa shape index (κ1) is 20.4. The van der Waals surface area contributed by atoms with Crippen molar-refractivity contribution < 1.29 is 27.8 Å². The third-order valence-corrected chi connectivity index (χ3v) is 9.57. The summed E-state index contributed by atoms with van der Waals surface area (Å²) in [5.41, 5.74) is -0.105. The molecule has 0 aliphatic heterocycles. The molecule has 0 amide bonds. The number of carboxylic acids is 1. The second kappa shape index (κ2) is 9.58. The molecule has 2 N–H and O–H groups in total. The third kappa shape index (κ3) is 7.63. The lowest BCUT2D eigenvalue weighted by molar-refractivity contribution is -0.385. The van der Waals surface area contributed by atoms with Crippen molar-refractivity contribution in [3.05, 3.63) is 28.4 Å². The average molecular weight is 419 g/mol. The second-order valence-electron chi connectivity index (χ2n) is 3.78. The standard InChI is InChI=1S/C9H10N2O7S5/c12-9(13)7(23(16,17)18)3-4-19-21-22-20-8-2-1-6(5-10-8)11(14)15/h1-2,5,7H,3-4H2,(H,12,13)(H,16,17,18). The molecule has 9 nitrogen and oxygen atoms in total. The molecule has 0 spiro atoms. The van der Waals surface area contributed by atoms with Gasteiger partial charge in [-0.1, -0.05) is 10.8 Å². The number of aliphatic carboxylic acids is 1. The molecule has 1 aromatic heterocycles. The maximum absolute atomic E-state index is 10.8. The van der Waals surface area contributed by atoms with Crippen LogP contribution in [0.4, 0.5) is 5.69 Å². The van der Waals surface area contributed by atoms with E-state index < -0.39 is 26.3 Å². The zero-order chi connectivity index (χ0) is 17.5. The fourth-order valence-corrected chi connectivity index (χ4v) is 7.62. The summed E-state index contributed by atoms with van der Waals surface area (Å²) in [6.07, 6.45) is 0.928. The highest BCUT2D eigenvalue weighted by Crippen LogP contribution is 2.46. The Kier molecular flexibility index (Phi) is 8.49. The van der Waals surface area contributed by atoms with Crippen LogP contribution in [0.3, 0.4) is 0 Å². The Morgan fingerprint density at radius 2 is 2.09 bits per heavy atom. The Labute approximate surface area is 146 Å². The first-order valence-electron chi connectivity index (χ1n) is 5.64. The molecule has 0 saturated carbocycles. The van der Waals surface area contributed by atoms with Gasteiger partial charge in [-0.05, 0) is 42.9 Å². The van der Waals surface area contributed by atoms with E-state index in [0.717, 1.165) is 6.20 Å². The lowest BCUT2D eigenvalue weighted by Gasteiger charge is -2.07. The van der Waals surface area contributed by atoms with E-state index in [1.807, 2.05) is 0 Å². The van der Waals surface area contributed by atoms with E-state index in [1.165, 1.54) is 53.4 Å². The minimum absolute atomic E-state index is 0.105. The lowest BCUT2D eigenvalue weighted by Crippen LogP contribution is -2.30. The van der Waals surface area contributed by atoms with Crippen molar-refractivity contribution in [2.45, 2.75) is 16.7 Å². The van der Waals surface area contributed by atoms with Crippen molar-refractivity contribution in [1.29, 1.82) is 0 Å². The molecule has 14 heteroatoms. The molecule has 0 aromatic carbocycles. The van der Waals surface area contributed by atoms with Crippen LogP contribution in [0.5, 0.6) is 0 Å². The lowest BCUT2D eigenvalue weighted by atomic mass is 10.3. The minimum Gasteiger partial charge on any atom is -0.480 e. The molecule has 128 valence electrons. The molecular formula is C9H10N2O7S5. The van der Waals surface area contributed by atoms with E-state index >= 15 is 0 Å². The Balaban J connectivity index is 2.27. The Morgan fingerprint density at radius 3 is 2.57 bits per heavy atom. The number of nitrogens with zero attached hydrogens (tertiary/aromatic N) is 2. The molecule has 1 aromatic rings. The predicted molar refractivity (Wildman–Crippen MR) is 92.0 cm³/mol. The number of hydrogen-bond acceptors (Lipinski definition) is 10. The Morgan fingerprint density at radius 1 is 1.39 bits per heavy atom. The first-order chi connectivity index (χ1) is 10.7. The normalized spacial score (nSPS) is 12.7. The van der Waals surface area contributed by atoms with Crippen LogP contribution in [0.15, 0.2) is 23.4 Å². The van der Waals surface area contributed by atoms with E-state index in [4.69, 9.17) is 9.66 Å². The van der Waals surface area contributed by atoms with Crippen molar-refractivity contribution in [3.63, 3.8) is 0 Å². The monoisotopic (exact) mass is 418 g/mol. The van der Waals surface area contributed by atoms with Gasteiger partial charge in [0.1, 0.15) is 11.2 Å². The second-order valence-corrected chi connectivity index (χ2v) is 11.4. The smallest absolute Gasteiger partial charge is 0.324 e. The molecule has 23 heavy (non-hydrogen) atoms. The summed E-state index contributed by atoms with van der Waals surface area (Å²) < 4.78 is 30.5. The molecule has 0 bridgehead atoms. The molecule has 0 aliphatic carbocycles. The molecule has 1 unspecified atom stereocenters. The Hall–Kier alpha value is -0.670. The van der Waals surface area contributed by atoms with Crippen molar-refractivity contribution in [2.75, 3.05) is 5.75 Å². The number of carboxylic acid groups (broad SMARTS) is 1. The number of carbonyl (C=O) groups is 1. The van der Waals surface area contributed by atoms with Gasteiger partial charge in [0.25, 0.3) is 15.8 Å². The number of hydrogen-bond donors (Lipinski definition) is 2. The maximum Gasteiger partial charge on any atom is 0.324 e. The van der Waals surface area contributed by atoms with Gasteiger partial charge in [0.2, 0.25) is 0 Å². The van der Waals surface area contributed by atoms with E-state index in [-0.39, 0.29) is 17.9 Å². The maximum atomic E-state index is 10.8. The predicted octanol–water partition coefficient (Wildman–Crippen LogP) is 2.76. The fourth-order valence-electron chi connectivity index (χ4n) is 1.19. The van der Waals surface area contributed by atoms with Crippen molar-refractivity contribution in [2.24, 2.45) is 0 Å². The molecule has 1 atom stereocenters. The molecule has 0 radical (unpaired) electrons. The number of rotatable bonds is 10. The highest BCUT2D eigenvalue weighted by Gasteiger charge is 2.30. The largest absolute Gasteiger partial charge is 0.480 e. The van der Waals surface area contributed by atoms with Crippen molar-refractivity contribution >= 4 is 63.0 Å². The fraction of sp³-hybridized carbons (Fsp3) is 0.333. The van der Waals surface area contributed by atoms with Crippen LogP contribution in [-0.2, 0) is 14.9 Å². The summed E-state index contributed by atoms with van der Waals surface area (Å²) >= 11 is 0. The van der Waals surface area contributed by atoms with Gasteiger partial charge in [-0.3, -0.25) is 19.5 Å². The van der Waals surface area contributed by atoms with Gasteiger partial charge >= 0.3 is 5.97 Å². The van der Waals surface area contributed by atoms with Gasteiger partial charge in [0.15, 0.2) is 5.25 Å². The Bertz CT molecular complexity index is 651. The number of nitro groups is 1. The summed E-state index contributed by atoms with van der Waals surface area (Å²) in [7, 11) is 0.437. The molecular weight excluding hydrogens is 408 g/mol. The van der Waals surface area contributed by atoms with Crippen LogP contribution in [-0.4, -0.2) is 45.0 Å². The summed E-state index contributed by atoms with van der Waals surface area (Å²) in [5.74, 6) is -1.38. The number of aromatic nitrogens is 1. The van der Waals surface area contributed by atoms with Crippen LogP contribution in [0, 0.1) is 10.1 Å². The topological polar surface area (TPSA) is 148 Å². The summed E-state index contributed by atoms with van der Waals surface area (Å²) in [4.78, 5) is 24.5. The molecule has 1 rings (SSSR count). The van der Waals surface area contributed by atoms with Crippen LogP contribution >= 0.6 is 41.2 Å². The van der Waals surface area contributed by atoms with E-state index in [2.05, 4.69) is 4.98 Å². The zero-order valence-corrected chi connectivity index (χ0v) is 15.2. The van der Waals surface area contributed by atoms with E-state index in [1.54, 1.807) is 0 Å². The number of pyridine rings is 1. The van der Waals surface area contributed by atoms with E-state index in [0.29, 0.717) is 5.03 Å². The van der Waals surface area contributed by atoms with Crippen LogP contribution in [0.25, 0.3) is 0 Å². The zero-order valence-electron chi connectivity index (χ0n) is 11.1. The summed E-state index contributed by atoms with van der Waals surface area (Å²) in [5, 5.41) is 17.9. The third-order valence-electron chi connectivity index (χ3n) is 2.23. The molecule has 0 fully saturated rings. The minimum atomic E-state index is -4.61. The van der Waals surface area contributed by atoms with Crippen LogP contribution in [0.1, 0.15) is 6.42 Å². The molecule has 0 saturated heterocycles. The summed E-state index contributed by atoms with van der Waals surface area (Å²) in [6.45, 7) is 0. The average Bonchev–Trinajstić information content (AvgIpc) is 2.45. The summed E-state index contributed by atoms with van der Waals surface area (Å²) in [6, 6.07) is 2.83. The van der Waals surface area contributed by atoms with Gasteiger partial charge in [-0.15, -0.1) is 0 Å². The molecule has 0 aliphatic rings. The van der Waals surface area contributed by atoms with Gasteiger partial charge < -0.3 is 5.11 Å². The highest BCUT2D eigenvalue weighted by atomic mass is 33.7. The van der Waals surface area contributed by atoms with Gasteiger partial charge in [0, 0.05) is 11.8 Å². The highest BCUT2D eigenvalue weighted by molar-refractivity contribution is 9.26. The quantitative estimate of drug-likeness (QED) is 0.189. The van der Waals surface area contributed by atoms with E-state index in [9.17, 15) is 23.3 Å². The van der Waals surface area contributed by atoms with Crippen LogP contribution in [0.2, 0.25) is 0 Å².